The summed E-state index contributed by atoms with van der Waals surface area (Å²) >= 11 is 1.82. The van der Waals surface area contributed by atoms with Crippen LogP contribution in [0.15, 0.2) is 16.7 Å². The molecule has 2 rings (SSSR count). The fraction of sp³-hybridized carbons (Fsp3) is 0.692. The van der Waals surface area contributed by atoms with Crippen molar-refractivity contribution in [2.75, 3.05) is 18.6 Å². The van der Waals surface area contributed by atoms with Crippen LogP contribution in [-0.4, -0.2) is 29.8 Å². The Morgan fingerprint density at radius 3 is 3.29 bits per heavy atom. The molecule has 0 aliphatic heterocycles. The van der Waals surface area contributed by atoms with Gasteiger partial charge in [0.15, 0.2) is 0 Å². The van der Waals surface area contributed by atoms with Crippen LogP contribution in [0.5, 0.6) is 0 Å². The first kappa shape index (κ1) is 13.0. The van der Waals surface area contributed by atoms with E-state index in [4.69, 9.17) is 9.52 Å². The Kier molecular flexibility index (Phi) is 4.95. The summed E-state index contributed by atoms with van der Waals surface area (Å²) in [6, 6.07) is 2.88. The van der Waals surface area contributed by atoms with E-state index < -0.39 is 0 Å². The molecule has 0 bridgehead atoms. The molecule has 2 atom stereocenters. The van der Waals surface area contributed by atoms with Crippen molar-refractivity contribution in [3.8, 4) is 0 Å². The molecule has 0 aromatic carbocycles. The zero-order chi connectivity index (χ0) is 12.1. The SMILES string of the molecule is CSC[C@H](CCO)N[C@H]1CCCc2occc21. The maximum Gasteiger partial charge on any atom is 0.108 e. The third-order valence-electron chi connectivity index (χ3n) is 3.33. The van der Waals surface area contributed by atoms with Crippen molar-refractivity contribution in [3.05, 3.63) is 23.7 Å². The van der Waals surface area contributed by atoms with Gasteiger partial charge in [0.2, 0.25) is 0 Å². The molecular weight excluding hydrogens is 234 g/mol. The highest BCUT2D eigenvalue weighted by atomic mass is 32.2. The first-order chi connectivity index (χ1) is 8.35. The van der Waals surface area contributed by atoms with Gasteiger partial charge in [-0.3, -0.25) is 0 Å². The van der Waals surface area contributed by atoms with Crippen molar-refractivity contribution in [2.45, 2.75) is 37.8 Å². The van der Waals surface area contributed by atoms with E-state index in [0.717, 1.165) is 24.4 Å². The minimum atomic E-state index is 0.253. The lowest BCUT2D eigenvalue weighted by Crippen LogP contribution is -2.36. The molecule has 2 N–H and O–H groups in total. The van der Waals surface area contributed by atoms with E-state index in [1.807, 2.05) is 11.8 Å². The summed E-state index contributed by atoms with van der Waals surface area (Å²) in [6.45, 7) is 0.253. The van der Waals surface area contributed by atoms with Crippen LogP contribution < -0.4 is 5.32 Å². The summed E-state index contributed by atoms with van der Waals surface area (Å²) in [6.07, 6.45) is 8.14. The normalized spacial score (nSPS) is 21.2. The summed E-state index contributed by atoms with van der Waals surface area (Å²) in [4.78, 5) is 0. The molecule has 17 heavy (non-hydrogen) atoms. The average molecular weight is 255 g/mol. The Hall–Kier alpha value is -0.450. The van der Waals surface area contributed by atoms with Crippen LogP contribution in [0.1, 0.15) is 36.6 Å². The van der Waals surface area contributed by atoms with Crippen molar-refractivity contribution < 1.29 is 9.52 Å². The van der Waals surface area contributed by atoms with Crippen molar-refractivity contribution in [1.82, 2.24) is 5.32 Å². The molecule has 0 unspecified atom stereocenters. The van der Waals surface area contributed by atoms with Crippen LogP contribution in [0.4, 0.5) is 0 Å². The fourth-order valence-electron chi connectivity index (χ4n) is 2.52. The van der Waals surface area contributed by atoms with Crippen molar-refractivity contribution >= 4 is 11.8 Å². The summed E-state index contributed by atoms with van der Waals surface area (Å²) < 4.78 is 5.49. The molecule has 1 aromatic rings. The molecule has 1 aliphatic rings. The topological polar surface area (TPSA) is 45.4 Å². The molecule has 0 fully saturated rings. The van der Waals surface area contributed by atoms with Gasteiger partial charge in [-0.1, -0.05) is 0 Å². The molecule has 0 radical (unpaired) electrons. The Bertz CT molecular complexity index is 334. The molecule has 0 saturated heterocycles. The third-order valence-corrected chi connectivity index (χ3v) is 4.07. The monoisotopic (exact) mass is 255 g/mol. The van der Waals surface area contributed by atoms with Gasteiger partial charge in [-0.2, -0.15) is 11.8 Å². The van der Waals surface area contributed by atoms with Gasteiger partial charge in [0.05, 0.1) is 6.26 Å². The Morgan fingerprint density at radius 1 is 1.65 bits per heavy atom. The van der Waals surface area contributed by atoms with Crippen LogP contribution in [0.2, 0.25) is 0 Å². The molecule has 4 heteroatoms. The van der Waals surface area contributed by atoms with E-state index in [9.17, 15) is 0 Å². The lowest BCUT2D eigenvalue weighted by molar-refractivity contribution is 0.260. The van der Waals surface area contributed by atoms with Crippen molar-refractivity contribution in [1.29, 1.82) is 0 Å². The summed E-state index contributed by atoms with van der Waals surface area (Å²) in [7, 11) is 0. The van der Waals surface area contributed by atoms with Crippen molar-refractivity contribution in [3.63, 3.8) is 0 Å². The lowest BCUT2D eigenvalue weighted by Gasteiger charge is -2.27. The molecule has 0 saturated carbocycles. The molecule has 3 nitrogen and oxygen atoms in total. The average Bonchev–Trinajstić information content (AvgIpc) is 2.79. The zero-order valence-corrected chi connectivity index (χ0v) is 11.1. The van der Waals surface area contributed by atoms with Gasteiger partial charge in [0.25, 0.3) is 0 Å². The van der Waals surface area contributed by atoms with Crippen LogP contribution >= 0.6 is 11.8 Å². The summed E-state index contributed by atoms with van der Waals surface area (Å²) in [5.41, 5.74) is 1.32. The van der Waals surface area contributed by atoms with Crippen molar-refractivity contribution in [2.24, 2.45) is 0 Å². The highest BCUT2D eigenvalue weighted by molar-refractivity contribution is 7.98. The van der Waals surface area contributed by atoms with Gasteiger partial charge in [0, 0.05) is 36.4 Å². The smallest absolute Gasteiger partial charge is 0.108 e. The summed E-state index contributed by atoms with van der Waals surface area (Å²) in [5, 5.41) is 12.7. The minimum absolute atomic E-state index is 0.253. The maximum absolute atomic E-state index is 9.08. The number of nitrogens with one attached hydrogen (secondary N) is 1. The van der Waals surface area contributed by atoms with Gasteiger partial charge < -0.3 is 14.8 Å². The quantitative estimate of drug-likeness (QED) is 0.819. The van der Waals surface area contributed by atoms with E-state index >= 15 is 0 Å². The van der Waals surface area contributed by atoms with Gasteiger partial charge in [-0.15, -0.1) is 0 Å². The first-order valence-electron chi connectivity index (χ1n) is 6.27. The van der Waals surface area contributed by atoms with Gasteiger partial charge in [-0.05, 0) is 31.6 Å². The van der Waals surface area contributed by atoms with E-state index in [1.165, 1.54) is 18.4 Å². The lowest BCUT2D eigenvalue weighted by atomic mass is 9.93. The molecule has 1 aliphatic carbocycles. The number of fused-ring (bicyclic) bond motifs is 1. The van der Waals surface area contributed by atoms with E-state index in [1.54, 1.807) is 6.26 Å². The Morgan fingerprint density at radius 2 is 2.53 bits per heavy atom. The molecule has 1 aromatic heterocycles. The minimum Gasteiger partial charge on any atom is -0.469 e. The van der Waals surface area contributed by atoms with Crippen LogP contribution in [0, 0.1) is 0 Å². The van der Waals surface area contributed by atoms with Crippen LogP contribution in [0.25, 0.3) is 0 Å². The third kappa shape index (κ3) is 3.27. The summed E-state index contributed by atoms with van der Waals surface area (Å²) in [5.74, 6) is 2.19. The first-order valence-corrected chi connectivity index (χ1v) is 7.66. The van der Waals surface area contributed by atoms with Crippen LogP contribution in [0.3, 0.4) is 0 Å². The molecule has 0 spiro atoms. The van der Waals surface area contributed by atoms with Crippen LogP contribution in [-0.2, 0) is 6.42 Å². The second-order valence-electron chi connectivity index (χ2n) is 4.58. The van der Waals surface area contributed by atoms with Gasteiger partial charge in [-0.25, -0.2) is 0 Å². The van der Waals surface area contributed by atoms with E-state index in [0.29, 0.717) is 12.1 Å². The number of hydrogen-bond donors (Lipinski definition) is 2. The zero-order valence-electron chi connectivity index (χ0n) is 10.3. The molecule has 1 heterocycles. The Balaban J connectivity index is 1.99. The highest BCUT2D eigenvalue weighted by Crippen LogP contribution is 2.31. The highest BCUT2D eigenvalue weighted by Gasteiger charge is 2.24. The number of aliphatic hydroxyl groups is 1. The second kappa shape index (κ2) is 6.47. The number of rotatable bonds is 6. The molecular formula is C13H21NO2S. The molecule has 96 valence electrons. The predicted molar refractivity (Wildman–Crippen MR) is 71.4 cm³/mol. The number of furan rings is 1. The van der Waals surface area contributed by atoms with E-state index in [2.05, 4.69) is 17.6 Å². The van der Waals surface area contributed by atoms with Gasteiger partial charge >= 0.3 is 0 Å². The largest absolute Gasteiger partial charge is 0.469 e. The Labute approximate surface area is 107 Å². The number of aryl methyl sites for hydroxylation is 1. The number of thioether (sulfide) groups is 1. The number of hydrogen-bond acceptors (Lipinski definition) is 4. The maximum atomic E-state index is 9.08. The molecule has 0 amide bonds. The van der Waals surface area contributed by atoms with E-state index in [-0.39, 0.29) is 6.61 Å². The standard InChI is InChI=1S/C13H21NO2S/c1-17-9-10(5-7-15)14-12-3-2-4-13-11(12)6-8-16-13/h6,8,10,12,14-15H,2-5,7,9H2,1H3/t10-,12-/m0/s1. The second-order valence-corrected chi connectivity index (χ2v) is 5.49. The predicted octanol–water partition coefficient (Wildman–Crippen LogP) is 2.36. The van der Waals surface area contributed by atoms with Gasteiger partial charge in [0.1, 0.15) is 5.76 Å². The fourth-order valence-corrected chi connectivity index (χ4v) is 3.18. The number of aliphatic hydroxyl groups excluding tert-OH is 1.